The topological polar surface area (TPSA) is 104 Å². The minimum atomic E-state index is -0.416. The summed E-state index contributed by atoms with van der Waals surface area (Å²) in [6, 6.07) is 15.4. The molecule has 0 spiro atoms. The summed E-state index contributed by atoms with van der Waals surface area (Å²) in [5.74, 6) is 0.141. The van der Waals surface area contributed by atoms with Gasteiger partial charge in [-0.25, -0.2) is 9.97 Å². The van der Waals surface area contributed by atoms with Gasteiger partial charge in [-0.1, -0.05) is 18.2 Å². The second-order valence-corrected chi connectivity index (χ2v) is 6.79. The van der Waals surface area contributed by atoms with Gasteiger partial charge in [0.2, 0.25) is 5.88 Å². The van der Waals surface area contributed by atoms with E-state index in [-0.39, 0.29) is 5.57 Å². The number of ether oxygens (including phenoxy) is 1. The van der Waals surface area contributed by atoms with Gasteiger partial charge in [0.05, 0.1) is 7.11 Å². The Labute approximate surface area is 179 Å². The zero-order valence-corrected chi connectivity index (χ0v) is 17.0. The van der Waals surface area contributed by atoms with Gasteiger partial charge in [-0.3, -0.25) is 4.79 Å². The second-order valence-electron chi connectivity index (χ2n) is 6.79. The van der Waals surface area contributed by atoms with E-state index >= 15 is 0 Å². The molecular formula is C24H19N5O2. The van der Waals surface area contributed by atoms with Gasteiger partial charge in [0.1, 0.15) is 17.3 Å². The standard InChI is InChI=1S/C24H19N5O2/c1-26-24(30)18(11-25)9-15-4-3-5-16(8-15)19-10-20-21(14-29-23(20)28-13-19)17-6-7-22(31-2)27-12-17/h3-10,12-14H,1-2H3,(H,26,30)(H,28,29). The molecule has 3 heterocycles. The predicted molar refractivity (Wildman–Crippen MR) is 119 cm³/mol. The molecule has 7 heteroatoms. The van der Waals surface area contributed by atoms with Crippen LogP contribution >= 0.6 is 0 Å². The van der Waals surface area contributed by atoms with Gasteiger partial charge in [0.15, 0.2) is 0 Å². The molecule has 0 atom stereocenters. The number of likely N-dealkylation sites (N-methyl/N-ethyl adjacent to an activating group) is 1. The van der Waals surface area contributed by atoms with Gasteiger partial charge in [-0.05, 0) is 35.4 Å². The van der Waals surface area contributed by atoms with Crippen LogP contribution in [0.5, 0.6) is 5.88 Å². The van der Waals surface area contributed by atoms with Gasteiger partial charge in [0, 0.05) is 53.8 Å². The van der Waals surface area contributed by atoms with E-state index in [1.165, 1.54) is 7.05 Å². The lowest BCUT2D eigenvalue weighted by atomic mass is 10.0. The first-order chi connectivity index (χ1) is 15.1. The molecule has 152 valence electrons. The Morgan fingerprint density at radius 3 is 2.68 bits per heavy atom. The van der Waals surface area contributed by atoms with E-state index in [0.29, 0.717) is 5.88 Å². The Kier molecular flexibility index (Phi) is 5.45. The average Bonchev–Trinajstić information content (AvgIpc) is 3.25. The maximum atomic E-state index is 11.8. The first-order valence-corrected chi connectivity index (χ1v) is 9.55. The third-order valence-corrected chi connectivity index (χ3v) is 4.91. The average molecular weight is 409 g/mol. The Balaban J connectivity index is 1.74. The summed E-state index contributed by atoms with van der Waals surface area (Å²) in [6.07, 6.45) is 7.04. The number of nitriles is 1. The molecule has 0 aliphatic rings. The van der Waals surface area contributed by atoms with Crippen LogP contribution in [0.2, 0.25) is 0 Å². The number of nitrogens with one attached hydrogen (secondary N) is 2. The van der Waals surface area contributed by atoms with Gasteiger partial charge in [-0.15, -0.1) is 0 Å². The fourth-order valence-corrected chi connectivity index (χ4v) is 3.32. The number of rotatable bonds is 5. The number of carbonyl (C=O) groups is 1. The normalized spacial score (nSPS) is 11.2. The van der Waals surface area contributed by atoms with Crippen LogP contribution in [0.15, 0.2) is 66.6 Å². The molecule has 3 aromatic heterocycles. The van der Waals surface area contributed by atoms with Gasteiger partial charge in [-0.2, -0.15) is 5.26 Å². The zero-order chi connectivity index (χ0) is 21.8. The molecule has 0 fully saturated rings. The Hall–Kier alpha value is -4.44. The summed E-state index contributed by atoms with van der Waals surface area (Å²) in [7, 11) is 3.08. The Morgan fingerprint density at radius 1 is 1.13 bits per heavy atom. The smallest absolute Gasteiger partial charge is 0.261 e. The van der Waals surface area contributed by atoms with Crippen LogP contribution in [-0.4, -0.2) is 35.0 Å². The molecule has 0 aliphatic carbocycles. The molecule has 0 saturated carbocycles. The molecule has 1 aromatic carbocycles. The maximum absolute atomic E-state index is 11.8. The lowest BCUT2D eigenvalue weighted by Gasteiger charge is -2.06. The second kappa shape index (κ2) is 8.51. The van der Waals surface area contributed by atoms with Crippen molar-refractivity contribution >= 4 is 23.0 Å². The molecular weight excluding hydrogens is 390 g/mol. The van der Waals surface area contributed by atoms with Crippen molar-refractivity contribution in [2.45, 2.75) is 0 Å². The number of hydrogen-bond donors (Lipinski definition) is 2. The SMILES string of the molecule is CNC(=O)C(C#N)=Cc1cccc(-c2cnc3[nH]cc(-c4ccc(OC)nc4)c3c2)c1. The first kappa shape index (κ1) is 19.9. The number of pyridine rings is 2. The fourth-order valence-electron chi connectivity index (χ4n) is 3.32. The van der Waals surface area contributed by atoms with Crippen LogP contribution in [0.25, 0.3) is 39.4 Å². The highest BCUT2D eigenvalue weighted by Gasteiger charge is 2.11. The molecule has 0 aliphatic heterocycles. The summed E-state index contributed by atoms with van der Waals surface area (Å²) in [5.41, 5.74) is 5.37. The number of fused-ring (bicyclic) bond motifs is 1. The van der Waals surface area contributed by atoms with Crippen LogP contribution < -0.4 is 10.1 Å². The number of H-pyrrole nitrogens is 1. The van der Waals surface area contributed by atoms with Crippen molar-refractivity contribution in [3.8, 4) is 34.2 Å². The molecule has 31 heavy (non-hydrogen) atoms. The maximum Gasteiger partial charge on any atom is 0.261 e. The summed E-state index contributed by atoms with van der Waals surface area (Å²) in [6.45, 7) is 0. The molecule has 0 radical (unpaired) electrons. The predicted octanol–water partition coefficient (Wildman–Crippen LogP) is 3.95. The number of nitrogens with zero attached hydrogens (tertiary/aromatic N) is 3. The molecule has 4 aromatic rings. The molecule has 0 unspecified atom stereocenters. The number of hydrogen-bond acceptors (Lipinski definition) is 5. The van der Waals surface area contributed by atoms with E-state index in [0.717, 1.165) is 38.9 Å². The Morgan fingerprint density at radius 2 is 1.97 bits per heavy atom. The third kappa shape index (κ3) is 4.00. The summed E-state index contributed by atoms with van der Waals surface area (Å²) in [5, 5.41) is 12.7. The van der Waals surface area contributed by atoms with E-state index in [1.807, 2.05) is 48.7 Å². The number of benzene rings is 1. The van der Waals surface area contributed by atoms with Gasteiger partial charge < -0.3 is 15.0 Å². The fraction of sp³-hybridized carbons (Fsp3) is 0.0833. The summed E-state index contributed by atoms with van der Waals surface area (Å²) < 4.78 is 5.14. The largest absolute Gasteiger partial charge is 0.481 e. The van der Waals surface area contributed by atoms with Crippen molar-refractivity contribution < 1.29 is 9.53 Å². The third-order valence-electron chi connectivity index (χ3n) is 4.91. The molecule has 2 N–H and O–H groups in total. The van der Waals surface area contributed by atoms with E-state index < -0.39 is 5.91 Å². The lowest BCUT2D eigenvalue weighted by molar-refractivity contribution is -0.116. The minimum absolute atomic E-state index is 0.0492. The highest BCUT2D eigenvalue weighted by Crippen LogP contribution is 2.31. The highest BCUT2D eigenvalue weighted by atomic mass is 16.5. The summed E-state index contributed by atoms with van der Waals surface area (Å²) in [4.78, 5) is 23.8. The van der Waals surface area contributed by atoms with Crippen molar-refractivity contribution in [3.05, 3.63) is 72.2 Å². The molecule has 0 saturated heterocycles. The van der Waals surface area contributed by atoms with Crippen molar-refractivity contribution in [1.29, 1.82) is 5.26 Å². The number of methoxy groups -OCH3 is 1. The number of aromatic amines is 1. The Bertz CT molecular complexity index is 1330. The van der Waals surface area contributed by atoms with Crippen molar-refractivity contribution in [2.75, 3.05) is 14.2 Å². The molecule has 1 amide bonds. The van der Waals surface area contributed by atoms with Crippen molar-refractivity contribution in [2.24, 2.45) is 0 Å². The van der Waals surface area contributed by atoms with E-state index in [1.54, 1.807) is 25.6 Å². The van der Waals surface area contributed by atoms with Crippen LogP contribution in [0, 0.1) is 11.3 Å². The summed E-state index contributed by atoms with van der Waals surface area (Å²) >= 11 is 0. The van der Waals surface area contributed by atoms with Gasteiger partial charge in [0.25, 0.3) is 5.91 Å². The van der Waals surface area contributed by atoms with Crippen LogP contribution in [0.1, 0.15) is 5.56 Å². The van der Waals surface area contributed by atoms with Crippen LogP contribution in [0.4, 0.5) is 0 Å². The highest BCUT2D eigenvalue weighted by molar-refractivity contribution is 6.01. The molecule has 4 rings (SSSR count). The molecule has 7 nitrogen and oxygen atoms in total. The monoisotopic (exact) mass is 409 g/mol. The molecule has 0 bridgehead atoms. The van der Waals surface area contributed by atoms with Crippen LogP contribution in [0.3, 0.4) is 0 Å². The minimum Gasteiger partial charge on any atom is -0.481 e. The van der Waals surface area contributed by atoms with Gasteiger partial charge >= 0.3 is 0 Å². The number of amides is 1. The van der Waals surface area contributed by atoms with Crippen molar-refractivity contribution in [1.82, 2.24) is 20.3 Å². The zero-order valence-electron chi connectivity index (χ0n) is 17.0. The van der Waals surface area contributed by atoms with E-state index in [4.69, 9.17) is 4.74 Å². The first-order valence-electron chi connectivity index (χ1n) is 9.55. The van der Waals surface area contributed by atoms with E-state index in [9.17, 15) is 10.1 Å². The number of aromatic nitrogens is 3. The quantitative estimate of drug-likeness (QED) is 0.384. The lowest BCUT2D eigenvalue weighted by Crippen LogP contribution is -2.19. The van der Waals surface area contributed by atoms with Crippen molar-refractivity contribution in [3.63, 3.8) is 0 Å². The van der Waals surface area contributed by atoms with E-state index in [2.05, 4.69) is 26.3 Å². The van der Waals surface area contributed by atoms with Crippen LogP contribution in [-0.2, 0) is 4.79 Å². The number of carbonyl (C=O) groups excluding carboxylic acids is 1.